The van der Waals surface area contributed by atoms with Crippen LogP contribution in [0.3, 0.4) is 0 Å². The van der Waals surface area contributed by atoms with Crippen molar-refractivity contribution < 1.29 is 18.8 Å². The molecule has 2 aliphatic rings. The Morgan fingerprint density at radius 1 is 1.41 bits per heavy atom. The minimum absolute atomic E-state index is 0.133. The van der Waals surface area contributed by atoms with Gasteiger partial charge < -0.3 is 10.6 Å². The number of rotatable bonds is 3. The van der Waals surface area contributed by atoms with Crippen LogP contribution in [0, 0.1) is 5.82 Å². The van der Waals surface area contributed by atoms with Gasteiger partial charge in [-0.2, -0.15) is 0 Å². The molecular weight excluding hydrogens is 309 g/mol. The van der Waals surface area contributed by atoms with Crippen LogP contribution in [0.1, 0.15) is 24.4 Å². The monoisotopic (exact) mass is 323 g/mol. The summed E-state index contributed by atoms with van der Waals surface area (Å²) in [7, 11) is 0. The van der Waals surface area contributed by atoms with Crippen molar-refractivity contribution in [2.45, 2.75) is 29.8 Å². The zero-order valence-corrected chi connectivity index (χ0v) is 12.3. The fourth-order valence-electron chi connectivity index (χ4n) is 2.58. The van der Waals surface area contributed by atoms with E-state index in [1.807, 2.05) is 0 Å². The maximum Gasteiger partial charge on any atom is 0.322 e. The molecule has 8 heteroatoms. The van der Waals surface area contributed by atoms with Gasteiger partial charge in [0.1, 0.15) is 11.9 Å². The number of nitrogens with one attached hydrogen (secondary N) is 3. The van der Waals surface area contributed by atoms with Gasteiger partial charge in [-0.3, -0.25) is 14.9 Å². The van der Waals surface area contributed by atoms with Crippen molar-refractivity contribution in [1.82, 2.24) is 16.0 Å². The standard InChI is InChI=1S/C14H14FN3O3S/c15-8-3-1-2-7-9(4-5-22-12(7)8)16-11(19)6-10-13(20)18-14(21)17-10/h1-3,9-10H,4-6H2,(H,16,19)(H2,17,18,20,21)/t9-,10+/m1/s1. The Morgan fingerprint density at radius 2 is 2.23 bits per heavy atom. The molecule has 2 heterocycles. The number of thioether (sulfide) groups is 1. The Morgan fingerprint density at radius 3 is 2.95 bits per heavy atom. The zero-order chi connectivity index (χ0) is 15.7. The Hall–Kier alpha value is -2.09. The summed E-state index contributed by atoms with van der Waals surface area (Å²) in [5.41, 5.74) is 0.754. The van der Waals surface area contributed by atoms with E-state index in [4.69, 9.17) is 0 Å². The number of amides is 4. The van der Waals surface area contributed by atoms with Crippen molar-refractivity contribution in [3.05, 3.63) is 29.6 Å². The van der Waals surface area contributed by atoms with E-state index >= 15 is 0 Å². The maximum atomic E-state index is 13.8. The highest BCUT2D eigenvalue weighted by Gasteiger charge is 2.32. The van der Waals surface area contributed by atoms with Gasteiger partial charge >= 0.3 is 6.03 Å². The first-order chi connectivity index (χ1) is 10.5. The molecule has 1 saturated heterocycles. The van der Waals surface area contributed by atoms with Gasteiger partial charge in [0, 0.05) is 10.6 Å². The van der Waals surface area contributed by atoms with Crippen molar-refractivity contribution in [3.63, 3.8) is 0 Å². The molecule has 0 spiro atoms. The van der Waals surface area contributed by atoms with Crippen LogP contribution in [0.25, 0.3) is 0 Å². The van der Waals surface area contributed by atoms with Crippen molar-refractivity contribution in [2.24, 2.45) is 0 Å². The molecule has 0 unspecified atom stereocenters. The van der Waals surface area contributed by atoms with Crippen LogP contribution in [-0.4, -0.2) is 29.6 Å². The Bertz CT molecular complexity index is 652. The van der Waals surface area contributed by atoms with E-state index in [0.29, 0.717) is 17.1 Å². The topological polar surface area (TPSA) is 87.3 Å². The second-order valence-electron chi connectivity index (χ2n) is 5.13. The van der Waals surface area contributed by atoms with Crippen LogP contribution < -0.4 is 16.0 Å². The summed E-state index contributed by atoms with van der Waals surface area (Å²) < 4.78 is 13.8. The average molecular weight is 323 g/mol. The molecule has 0 radical (unpaired) electrons. The fraction of sp³-hybridized carbons (Fsp3) is 0.357. The summed E-state index contributed by atoms with van der Waals surface area (Å²) in [5, 5.41) is 7.27. The lowest BCUT2D eigenvalue weighted by atomic mass is 10.0. The lowest BCUT2D eigenvalue weighted by Gasteiger charge is -2.26. The smallest absolute Gasteiger partial charge is 0.322 e. The highest BCUT2D eigenvalue weighted by molar-refractivity contribution is 7.99. The number of halogens is 1. The Labute approximate surface area is 130 Å². The second kappa shape index (κ2) is 5.96. The van der Waals surface area contributed by atoms with Gasteiger partial charge in [0.05, 0.1) is 12.5 Å². The number of carbonyl (C=O) groups is 3. The molecule has 1 fully saturated rings. The van der Waals surface area contributed by atoms with Crippen molar-refractivity contribution in [3.8, 4) is 0 Å². The highest BCUT2D eigenvalue weighted by atomic mass is 32.2. The molecule has 0 bridgehead atoms. The third kappa shape index (κ3) is 2.92. The first kappa shape index (κ1) is 14.8. The Balaban J connectivity index is 1.67. The van der Waals surface area contributed by atoms with Crippen LogP contribution in [0.5, 0.6) is 0 Å². The predicted octanol–water partition coefficient (Wildman–Crippen LogP) is 1.08. The highest BCUT2D eigenvalue weighted by Crippen LogP contribution is 2.37. The maximum absolute atomic E-state index is 13.8. The van der Waals surface area contributed by atoms with E-state index in [0.717, 1.165) is 5.56 Å². The van der Waals surface area contributed by atoms with E-state index in [1.54, 1.807) is 12.1 Å². The number of hydrogen-bond donors (Lipinski definition) is 3. The predicted molar refractivity (Wildman–Crippen MR) is 77.7 cm³/mol. The van der Waals surface area contributed by atoms with Gasteiger partial charge in [0.25, 0.3) is 5.91 Å². The minimum Gasteiger partial charge on any atom is -0.349 e. The van der Waals surface area contributed by atoms with Crippen LogP contribution in [0.4, 0.5) is 9.18 Å². The molecule has 2 atom stereocenters. The van der Waals surface area contributed by atoms with E-state index in [2.05, 4.69) is 16.0 Å². The average Bonchev–Trinajstić information content (AvgIpc) is 2.78. The molecule has 3 rings (SSSR count). The van der Waals surface area contributed by atoms with E-state index in [1.165, 1.54) is 17.8 Å². The Kier molecular flexibility index (Phi) is 4.02. The van der Waals surface area contributed by atoms with Gasteiger partial charge in [-0.15, -0.1) is 11.8 Å². The summed E-state index contributed by atoms with van der Waals surface area (Å²) in [4.78, 5) is 35.1. The van der Waals surface area contributed by atoms with Crippen LogP contribution in [0.2, 0.25) is 0 Å². The summed E-state index contributed by atoms with van der Waals surface area (Å²) >= 11 is 1.43. The van der Waals surface area contributed by atoms with Crippen molar-refractivity contribution in [2.75, 3.05) is 5.75 Å². The molecule has 3 N–H and O–H groups in total. The minimum atomic E-state index is -0.850. The molecule has 0 aliphatic carbocycles. The number of hydrogen-bond acceptors (Lipinski definition) is 4. The van der Waals surface area contributed by atoms with Gasteiger partial charge in [-0.1, -0.05) is 12.1 Å². The lowest BCUT2D eigenvalue weighted by molar-refractivity contribution is -0.126. The van der Waals surface area contributed by atoms with E-state index < -0.39 is 18.0 Å². The fourth-order valence-corrected chi connectivity index (χ4v) is 3.72. The largest absolute Gasteiger partial charge is 0.349 e. The van der Waals surface area contributed by atoms with E-state index in [9.17, 15) is 18.8 Å². The quantitative estimate of drug-likeness (QED) is 0.726. The second-order valence-corrected chi connectivity index (χ2v) is 6.24. The molecule has 6 nitrogen and oxygen atoms in total. The summed E-state index contributed by atoms with van der Waals surface area (Å²) in [6.45, 7) is 0. The number of imide groups is 1. The molecular formula is C14H14FN3O3S. The van der Waals surface area contributed by atoms with Gasteiger partial charge in [0.2, 0.25) is 5.91 Å². The van der Waals surface area contributed by atoms with Crippen LogP contribution >= 0.6 is 11.8 Å². The third-order valence-corrected chi connectivity index (χ3v) is 4.77. The molecule has 1 aromatic rings. The first-order valence-corrected chi connectivity index (χ1v) is 7.85. The summed E-state index contributed by atoms with van der Waals surface area (Å²) in [6.07, 6.45) is 0.557. The lowest BCUT2D eigenvalue weighted by Crippen LogP contribution is -2.38. The molecule has 2 aliphatic heterocycles. The number of fused-ring (bicyclic) bond motifs is 1. The molecule has 0 aromatic heterocycles. The van der Waals surface area contributed by atoms with Crippen LogP contribution in [0.15, 0.2) is 23.1 Å². The summed E-state index contributed by atoms with van der Waals surface area (Å²) in [5.74, 6) is -0.441. The summed E-state index contributed by atoms with van der Waals surface area (Å²) in [6, 6.07) is 3.08. The first-order valence-electron chi connectivity index (χ1n) is 6.86. The van der Waals surface area contributed by atoms with E-state index in [-0.39, 0.29) is 24.2 Å². The van der Waals surface area contributed by atoms with Gasteiger partial charge in [-0.05, 0) is 18.1 Å². The van der Waals surface area contributed by atoms with Gasteiger partial charge in [0.15, 0.2) is 0 Å². The zero-order valence-electron chi connectivity index (χ0n) is 11.5. The van der Waals surface area contributed by atoms with Crippen molar-refractivity contribution in [1.29, 1.82) is 0 Å². The van der Waals surface area contributed by atoms with Gasteiger partial charge in [-0.25, -0.2) is 9.18 Å². The SMILES string of the molecule is O=C(C[C@@H]1NC(=O)NC1=O)N[C@@H]1CCSc2c(F)cccc21. The number of carbonyl (C=O) groups excluding carboxylic acids is 3. The molecule has 4 amide bonds. The van der Waals surface area contributed by atoms with Crippen LogP contribution in [-0.2, 0) is 9.59 Å². The van der Waals surface area contributed by atoms with Crippen molar-refractivity contribution >= 4 is 29.6 Å². The molecule has 22 heavy (non-hydrogen) atoms. The molecule has 0 saturated carbocycles. The normalized spacial score (nSPS) is 23.5. The number of benzene rings is 1. The number of urea groups is 1. The molecule has 116 valence electrons. The molecule has 1 aromatic carbocycles. The third-order valence-electron chi connectivity index (χ3n) is 3.61.